The van der Waals surface area contributed by atoms with Crippen molar-refractivity contribution in [2.24, 2.45) is 0 Å². The zero-order valence-electron chi connectivity index (χ0n) is 8.33. The summed E-state index contributed by atoms with van der Waals surface area (Å²) in [7, 11) is 0. The predicted molar refractivity (Wildman–Crippen MR) is 55.8 cm³/mol. The molecule has 0 spiro atoms. The minimum atomic E-state index is 0.147. The molecule has 0 bridgehead atoms. The standard InChI is InChI=1S/C10H15NOS/c1-4-11(9(3)12)7-10-6-5-8(2)13-10/h5-6H,4,7H2,1-3H3. The number of carbonyl (C=O) groups excluding carboxylic acids is 1. The Morgan fingerprint density at radius 2 is 2.23 bits per heavy atom. The maximum Gasteiger partial charge on any atom is 0.219 e. The van der Waals surface area contributed by atoms with Crippen LogP contribution in [0.5, 0.6) is 0 Å². The average molecular weight is 197 g/mol. The molecule has 0 fully saturated rings. The number of thiophene rings is 1. The van der Waals surface area contributed by atoms with E-state index in [9.17, 15) is 4.79 Å². The van der Waals surface area contributed by atoms with Crippen LogP contribution in [0.3, 0.4) is 0 Å². The number of nitrogens with zero attached hydrogens (tertiary/aromatic N) is 1. The summed E-state index contributed by atoms with van der Waals surface area (Å²) in [5.74, 6) is 0.147. The lowest BCUT2D eigenvalue weighted by Crippen LogP contribution is -2.27. The zero-order chi connectivity index (χ0) is 9.84. The SMILES string of the molecule is CCN(Cc1ccc(C)s1)C(C)=O. The lowest BCUT2D eigenvalue weighted by atomic mass is 10.4. The summed E-state index contributed by atoms with van der Waals surface area (Å²) < 4.78 is 0. The highest BCUT2D eigenvalue weighted by molar-refractivity contribution is 7.11. The van der Waals surface area contributed by atoms with E-state index in [1.54, 1.807) is 18.3 Å². The van der Waals surface area contributed by atoms with Gasteiger partial charge in [0.2, 0.25) is 5.91 Å². The van der Waals surface area contributed by atoms with Gasteiger partial charge in [0.15, 0.2) is 0 Å². The van der Waals surface area contributed by atoms with Gasteiger partial charge in [0, 0.05) is 23.2 Å². The fourth-order valence-electron chi connectivity index (χ4n) is 1.20. The van der Waals surface area contributed by atoms with Gasteiger partial charge < -0.3 is 4.90 Å². The average Bonchev–Trinajstić information content (AvgIpc) is 2.46. The summed E-state index contributed by atoms with van der Waals surface area (Å²) >= 11 is 1.75. The molecule has 0 N–H and O–H groups in total. The number of rotatable bonds is 3. The zero-order valence-corrected chi connectivity index (χ0v) is 9.15. The maximum absolute atomic E-state index is 11.1. The molecule has 1 aromatic rings. The van der Waals surface area contributed by atoms with Crippen molar-refractivity contribution in [1.29, 1.82) is 0 Å². The van der Waals surface area contributed by atoms with Gasteiger partial charge in [-0.3, -0.25) is 4.79 Å². The van der Waals surface area contributed by atoms with Crippen molar-refractivity contribution in [3.05, 3.63) is 21.9 Å². The van der Waals surface area contributed by atoms with E-state index in [0.717, 1.165) is 13.1 Å². The first-order chi connectivity index (χ1) is 6.13. The summed E-state index contributed by atoms with van der Waals surface area (Å²) in [6.07, 6.45) is 0. The summed E-state index contributed by atoms with van der Waals surface area (Å²) in [6.45, 7) is 7.24. The smallest absolute Gasteiger partial charge is 0.219 e. The summed E-state index contributed by atoms with van der Waals surface area (Å²) in [6, 6.07) is 4.18. The minimum absolute atomic E-state index is 0.147. The molecular formula is C10H15NOS. The normalized spacial score (nSPS) is 10.1. The van der Waals surface area contributed by atoms with E-state index in [1.165, 1.54) is 9.75 Å². The molecule has 0 saturated carbocycles. The van der Waals surface area contributed by atoms with Gasteiger partial charge in [-0.2, -0.15) is 0 Å². The van der Waals surface area contributed by atoms with E-state index in [0.29, 0.717) is 0 Å². The van der Waals surface area contributed by atoms with Crippen molar-refractivity contribution in [1.82, 2.24) is 4.90 Å². The monoisotopic (exact) mass is 197 g/mol. The fraction of sp³-hybridized carbons (Fsp3) is 0.500. The summed E-state index contributed by atoms with van der Waals surface area (Å²) in [4.78, 5) is 15.5. The number of hydrogen-bond donors (Lipinski definition) is 0. The second kappa shape index (κ2) is 4.42. The molecule has 72 valence electrons. The van der Waals surface area contributed by atoms with Crippen LogP contribution in [0.15, 0.2) is 12.1 Å². The lowest BCUT2D eigenvalue weighted by Gasteiger charge is -2.17. The van der Waals surface area contributed by atoms with Crippen LogP contribution >= 0.6 is 11.3 Å². The van der Waals surface area contributed by atoms with Crippen molar-refractivity contribution >= 4 is 17.2 Å². The molecule has 0 aromatic carbocycles. The highest BCUT2D eigenvalue weighted by Gasteiger charge is 2.07. The quantitative estimate of drug-likeness (QED) is 0.728. The molecule has 3 heteroatoms. The molecule has 1 amide bonds. The van der Waals surface area contributed by atoms with E-state index in [2.05, 4.69) is 19.1 Å². The molecule has 1 rings (SSSR count). The van der Waals surface area contributed by atoms with Gasteiger partial charge in [-0.15, -0.1) is 11.3 Å². The van der Waals surface area contributed by atoms with Crippen molar-refractivity contribution in [2.75, 3.05) is 6.54 Å². The molecule has 0 unspecified atom stereocenters. The Labute approximate surface area is 83.2 Å². The molecule has 0 saturated heterocycles. The van der Waals surface area contributed by atoms with Crippen molar-refractivity contribution < 1.29 is 4.79 Å². The molecule has 0 radical (unpaired) electrons. The van der Waals surface area contributed by atoms with Crippen molar-refractivity contribution in [3.63, 3.8) is 0 Å². The number of amides is 1. The lowest BCUT2D eigenvalue weighted by molar-refractivity contribution is -0.129. The van der Waals surface area contributed by atoms with Crippen LogP contribution < -0.4 is 0 Å². The van der Waals surface area contributed by atoms with E-state index >= 15 is 0 Å². The van der Waals surface area contributed by atoms with E-state index < -0.39 is 0 Å². The van der Waals surface area contributed by atoms with Crippen LogP contribution in [0.2, 0.25) is 0 Å². The van der Waals surface area contributed by atoms with Crippen LogP contribution in [0.1, 0.15) is 23.6 Å². The van der Waals surface area contributed by atoms with E-state index in [1.807, 2.05) is 11.8 Å². The Hall–Kier alpha value is -0.830. The van der Waals surface area contributed by atoms with E-state index in [4.69, 9.17) is 0 Å². The molecule has 1 heterocycles. The van der Waals surface area contributed by atoms with Crippen LogP contribution in [-0.2, 0) is 11.3 Å². The van der Waals surface area contributed by atoms with Gasteiger partial charge in [-0.1, -0.05) is 0 Å². The highest BCUT2D eigenvalue weighted by atomic mass is 32.1. The molecule has 0 aliphatic rings. The Morgan fingerprint density at radius 1 is 1.54 bits per heavy atom. The topological polar surface area (TPSA) is 20.3 Å². The Bertz CT molecular complexity index is 293. The van der Waals surface area contributed by atoms with Crippen LogP contribution in [0.25, 0.3) is 0 Å². The molecule has 13 heavy (non-hydrogen) atoms. The molecule has 2 nitrogen and oxygen atoms in total. The van der Waals surface area contributed by atoms with Gasteiger partial charge in [0.05, 0.1) is 6.54 Å². The van der Waals surface area contributed by atoms with Gasteiger partial charge in [-0.05, 0) is 26.0 Å². The van der Waals surface area contributed by atoms with Crippen LogP contribution in [0, 0.1) is 6.92 Å². The summed E-state index contributed by atoms with van der Waals surface area (Å²) in [5, 5.41) is 0. The number of hydrogen-bond acceptors (Lipinski definition) is 2. The van der Waals surface area contributed by atoms with Crippen LogP contribution in [0.4, 0.5) is 0 Å². The first-order valence-corrected chi connectivity index (χ1v) is 5.26. The Balaban J connectivity index is 2.61. The van der Waals surface area contributed by atoms with Gasteiger partial charge >= 0.3 is 0 Å². The second-order valence-electron chi connectivity index (χ2n) is 3.05. The van der Waals surface area contributed by atoms with Crippen molar-refractivity contribution in [3.8, 4) is 0 Å². The molecular weight excluding hydrogens is 182 g/mol. The van der Waals surface area contributed by atoms with Gasteiger partial charge in [0.1, 0.15) is 0 Å². The largest absolute Gasteiger partial charge is 0.338 e. The molecule has 0 aliphatic heterocycles. The second-order valence-corrected chi connectivity index (χ2v) is 4.42. The van der Waals surface area contributed by atoms with Crippen LogP contribution in [-0.4, -0.2) is 17.4 Å². The van der Waals surface area contributed by atoms with Crippen molar-refractivity contribution in [2.45, 2.75) is 27.3 Å². The minimum Gasteiger partial charge on any atom is -0.338 e. The maximum atomic E-state index is 11.1. The number of aryl methyl sites for hydroxylation is 1. The Morgan fingerprint density at radius 3 is 2.62 bits per heavy atom. The summed E-state index contributed by atoms with van der Waals surface area (Å²) in [5.41, 5.74) is 0. The predicted octanol–water partition coefficient (Wildman–Crippen LogP) is 2.42. The first kappa shape index (κ1) is 10.3. The third-order valence-electron chi connectivity index (χ3n) is 1.97. The fourth-order valence-corrected chi connectivity index (χ4v) is 2.11. The number of carbonyl (C=O) groups is 1. The third kappa shape index (κ3) is 2.84. The van der Waals surface area contributed by atoms with Gasteiger partial charge in [0.25, 0.3) is 0 Å². The first-order valence-electron chi connectivity index (χ1n) is 4.44. The van der Waals surface area contributed by atoms with E-state index in [-0.39, 0.29) is 5.91 Å². The molecule has 0 atom stereocenters. The van der Waals surface area contributed by atoms with Gasteiger partial charge in [-0.25, -0.2) is 0 Å². The highest BCUT2D eigenvalue weighted by Crippen LogP contribution is 2.16. The molecule has 1 aromatic heterocycles. The third-order valence-corrected chi connectivity index (χ3v) is 2.96. The Kier molecular flexibility index (Phi) is 3.48. The molecule has 0 aliphatic carbocycles.